The van der Waals surface area contributed by atoms with Crippen molar-refractivity contribution in [2.75, 3.05) is 5.43 Å². The summed E-state index contributed by atoms with van der Waals surface area (Å²) in [5.41, 5.74) is 4.91. The Balaban J connectivity index is 1.56. The highest BCUT2D eigenvalue weighted by atomic mass is 16.6. The van der Waals surface area contributed by atoms with E-state index in [9.17, 15) is 14.9 Å². The number of nitrogens with one attached hydrogen (secondary N) is 1. The van der Waals surface area contributed by atoms with Crippen molar-refractivity contribution < 1.29 is 14.5 Å². The Morgan fingerprint density at radius 1 is 1.11 bits per heavy atom. The summed E-state index contributed by atoms with van der Waals surface area (Å²) in [6, 6.07) is 16.7. The maximum atomic E-state index is 12.1. The SMILES string of the molecule is Cc1ccc(C(=O)Oc2ccc(C=NNc3ccc([N+](=O)[O-])cn3)cc2)cc1. The van der Waals surface area contributed by atoms with Crippen LogP contribution in [0.15, 0.2) is 72.0 Å². The molecule has 0 aliphatic heterocycles. The molecule has 0 amide bonds. The molecule has 1 N–H and O–H groups in total. The van der Waals surface area contributed by atoms with Crippen molar-refractivity contribution in [3.8, 4) is 5.75 Å². The molecule has 8 nitrogen and oxygen atoms in total. The van der Waals surface area contributed by atoms with Gasteiger partial charge in [-0.2, -0.15) is 5.10 Å². The Morgan fingerprint density at radius 3 is 2.43 bits per heavy atom. The van der Waals surface area contributed by atoms with E-state index < -0.39 is 10.9 Å². The quantitative estimate of drug-likeness (QED) is 0.229. The number of carbonyl (C=O) groups excluding carboxylic acids is 1. The summed E-state index contributed by atoms with van der Waals surface area (Å²) in [6.07, 6.45) is 2.70. The summed E-state index contributed by atoms with van der Waals surface area (Å²) in [6.45, 7) is 1.95. The molecule has 0 spiro atoms. The molecular weight excluding hydrogens is 360 g/mol. The second-order valence-electron chi connectivity index (χ2n) is 5.85. The zero-order valence-corrected chi connectivity index (χ0v) is 14.9. The zero-order valence-electron chi connectivity index (χ0n) is 14.9. The highest BCUT2D eigenvalue weighted by Gasteiger charge is 2.08. The molecule has 0 fully saturated rings. The van der Waals surface area contributed by atoms with E-state index in [0.717, 1.165) is 17.3 Å². The largest absolute Gasteiger partial charge is 0.423 e. The van der Waals surface area contributed by atoms with Gasteiger partial charge in [0.05, 0.1) is 16.7 Å². The Labute approximate surface area is 160 Å². The minimum absolute atomic E-state index is 0.0923. The van der Waals surface area contributed by atoms with Gasteiger partial charge >= 0.3 is 5.97 Å². The van der Waals surface area contributed by atoms with Gasteiger partial charge in [-0.15, -0.1) is 0 Å². The molecule has 1 aromatic heterocycles. The highest BCUT2D eigenvalue weighted by molar-refractivity contribution is 5.91. The molecule has 0 bridgehead atoms. The van der Waals surface area contributed by atoms with Gasteiger partial charge in [-0.25, -0.2) is 9.78 Å². The topological polar surface area (TPSA) is 107 Å². The number of aromatic nitrogens is 1. The van der Waals surface area contributed by atoms with Gasteiger partial charge in [0.2, 0.25) is 0 Å². The molecule has 3 aromatic rings. The molecule has 0 aliphatic rings. The van der Waals surface area contributed by atoms with Crippen LogP contribution in [0.1, 0.15) is 21.5 Å². The first-order valence-electron chi connectivity index (χ1n) is 8.30. The molecule has 3 rings (SSSR count). The molecule has 1 heterocycles. The molecule has 0 saturated heterocycles. The Hall–Kier alpha value is -4.07. The van der Waals surface area contributed by atoms with Crippen LogP contribution in [0.3, 0.4) is 0 Å². The van der Waals surface area contributed by atoms with E-state index >= 15 is 0 Å². The molecule has 0 unspecified atom stereocenters. The van der Waals surface area contributed by atoms with Crippen molar-refractivity contribution in [2.24, 2.45) is 5.10 Å². The standard InChI is InChI=1S/C20H16N4O4/c1-14-2-6-16(7-3-14)20(25)28-18-9-4-15(5-10-18)12-22-23-19-11-8-17(13-21-19)24(26)27/h2-13H,1H3,(H,21,23). The zero-order chi connectivity index (χ0) is 19.9. The predicted molar refractivity (Wildman–Crippen MR) is 105 cm³/mol. The maximum Gasteiger partial charge on any atom is 0.343 e. The molecule has 2 aromatic carbocycles. The van der Waals surface area contributed by atoms with Gasteiger partial charge in [0.25, 0.3) is 5.69 Å². The average molecular weight is 376 g/mol. The first kappa shape index (κ1) is 18.7. The van der Waals surface area contributed by atoms with Gasteiger partial charge in [0.1, 0.15) is 17.8 Å². The summed E-state index contributed by atoms with van der Waals surface area (Å²) in [4.78, 5) is 26.0. The number of aryl methyl sites for hydroxylation is 1. The van der Waals surface area contributed by atoms with Crippen LogP contribution in [0, 0.1) is 17.0 Å². The van der Waals surface area contributed by atoms with E-state index in [4.69, 9.17) is 4.74 Å². The number of ether oxygens (including phenoxy) is 1. The number of anilines is 1. The summed E-state index contributed by atoms with van der Waals surface area (Å²) >= 11 is 0. The number of rotatable bonds is 6. The number of benzene rings is 2. The molecular formula is C20H16N4O4. The van der Waals surface area contributed by atoms with Crippen LogP contribution >= 0.6 is 0 Å². The van der Waals surface area contributed by atoms with Crippen molar-refractivity contribution in [3.63, 3.8) is 0 Å². The second kappa shape index (κ2) is 8.54. The second-order valence-corrected chi connectivity index (χ2v) is 5.85. The van der Waals surface area contributed by atoms with Crippen LogP contribution < -0.4 is 10.2 Å². The van der Waals surface area contributed by atoms with E-state index in [2.05, 4.69) is 15.5 Å². The monoisotopic (exact) mass is 376 g/mol. The van der Waals surface area contributed by atoms with E-state index in [-0.39, 0.29) is 5.69 Å². The lowest BCUT2D eigenvalue weighted by molar-refractivity contribution is -0.385. The Morgan fingerprint density at radius 2 is 1.82 bits per heavy atom. The smallest absolute Gasteiger partial charge is 0.343 e. The summed E-state index contributed by atoms with van der Waals surface area (Å²) in [5.74, 6) is 0.380. The molecule has 0 atom stereocenters. The van der Waals surface area contributed by atoms with Gasteiger partial charge in [-0.3, -0.25) is 15.5 Å². The lowest BCUT2D eigenvalue weighted by Gasteiger charge is -2.05. The van der Waals surface area contributed by atoms with Crippen LogP contribution in [0.25, 0.3) is 0 Å². The van der Waals surface area contributed by atoms with E-state index in [1.54, 1.807) is 42.6 Å². The van der Waals surface area contributed by atoms with Gasteiger partial charge in [0.15, 0.2) is 0 Å². The molecule has 140 valence electrons. The van der Waals surface area contributed by atoms with E-state index in [1.807, 2.05) is 19.1 Å². The predicted octanol–water partition coefficient (Wildman–Crippen LogP) is 3.96. The van der Waals surface area contributed by atoms with Crippen molar-refractivity contribution in [1.82, 2.24) is 4.98 Å². The third-order valence-corrected chi connectivity index (χ3v) is 3.73. The number of carbonyl (C=O) groups is 1. The first-order chi connectivity index (χ1) is 13.5. The van der Waals surface area contributed by atoms with Crippen molar-refractivity contribution in [2.45, 2.75) is 6.92 Å². The third-order valence-electron chi connectivity index (χ3n) is 3.73. The summed E-state index contributed by atoms with van der Waals surface area (Å²) in [5, 5.41) is 14.6. The first-order valence-corrected chi connectivity index (χ1v) is 8.30. The summed E-state index contributed by atoms with van der Waals surface area (Å²) < 4.78 is 5.34. The van der Waals surface area contributed by atoms with E-state index in [0.29, 0.717) is 17.1 Å². The number of nitrogens with zero attached hydrogens (tertiary/aromatic N) is 3. The minimum atomic E-state index is -0.521. The van der Waals surface area contributed by atoms with Gasteiger partial charge in [-0.05, 0) is 55.0 Å². The number of nitro groups is 1. The lowest BCUT2D eigenvalue weighted by atomic mass is 10.1. The van der Waals surface area contributed by atoms with Crippen LogP contribution in [0.2, 0.25) is 0 Å². The van der Waals surface area contributed by atoms with Crippen molar-refractivity contribution in [3.05, 3.63) is 93.7 Å². The normalized spacial score (nSPS) is 10.6. The number of esters is 1. The van der Waals surface area contributed by atoms with Crippen molar-refractivity contribution in [1.29, 1.82) is 0 Å². The fourth-order valence-corrected chi connectivity index (χ4v) is 2.21. The van der Waals surface area contributed by atoms with Crippen molar-refractivity contribution >= 4 is 23.7 Å². The average Bonchev–Trinajstić information content (AvgIpc) is 2.70. The maximum absolute atomic E-state index is 12.1. The van der Waals surface area contributed by atoms with Gasteiger partial charge < -0.3 is 4.74 Å². The van der Waals surface area contributed by atoms with Gasteiger partial charge in [0, 0.05) is 6.07 Å². The highest BCUT2D eigenvalue weighted by Crippen LogP contribution is 2.15. The minimum Gasteiger partial charge on any atom is -0.423 e. The molecule has 0 radical (unpaired) electrons. The Kier molecular flexibility index (Phi) is 5.71. The lowest BCUT2D eigenvalue weighted by Crippen LogP contribution is -2.08. The van der Waals surface area contributed by atoms with Crippen LogP contribution in [0.5, 0.6) is 5.75 Å². The fourth-order valence-electron chi connectivity index (χ4n) is 2.21. The summed E-state index contributed by atoms with van der Waals surface area (Å²) in [7, 11) is 0. The number of hydrogen-bond acceptors (Lipinski definition) is 7. The van der Waals surface area contributed by atoms with E-state index in [1.165, 1.54) is 12.1 Å². The number of hydrazone groups is 1. The molecule has 8 heteroatoms. The van der Waals surface area contributed by atoms with Crippen LogP contribution in [0.4, 0.5) is 11.5 Å². The fraction of sp³-hybridized carbons (Fsp3) is 0.0500. The number of hydrogen-bond donors (Lipinski definition) is 1. The van der Waals surface area contributed by atoms with Gasteiger partial charge in [-0.1, -0.05) is 17.7 Å². The van der Waals surface area contributed by atoms with Crippen LogP contribution in [-0.4, -0.2) is 22.1 Å². The number of pyridine rings is 1. The Bertz CT molecular complexity index is 998. The molecule has 0 saturated carbocycles. The third kappa shape index (κ3) is 4.98. The molecule has 28 heavy (non-hydrogen) atoms. The molecule has 0 aliphatic carbocycles. The van der Waals surface area contributed by atoms with Crippen LogP contribution in [-0.2, 0) is 0 Å².